The molecular formula is C19H27N3O5S. The summed E-state index contributed by atoms with van der Waals surface area (Å²) in [7, 11) is 2.85. The maximum atomic E-state index is 12.2. The molecule has 1 atom stereocenters. The number of methoxy groups -OCH3 is 1. The number of nitrogens with one attached hydrogen (secondary N) is 2. The lowest BCUT2D eigenvalue weighted by atomic mass is 10.0. The second-order valence-electron chi connectivity index (χ2n) is 6.81. The zero-order valence-electron chi connectivity index (χ0n) is 17.0. The molecule has 0 radical (unpaired) electrons. The van der Waals surface area contributed by atoms with Crippen molar-refractivity contribution in [3.05, 3.63) is 35.4 Å². The van der Waals surface area contributed by atoms with E-state index in [1.54, 1.807) is 52.1 Å². The Morgan fingerprint density at radius 3 is 2.25 bits per heavy atom. The molecule has 0 bridgehead atoms. The number of thioether (sulfide) groups is 1. The molecule has 0 saturated heterocycles. The second-order valence-corrected chi connectivity index (χ2v) is 7.60. The van der Waals surface area contributed by atoms with Gasteiger partial charge in [0.2, 0.25) is 0 Å². The standard InChI is InChI=1S/C19H27N3O5S/c1-19(2,3)27-18(25)21-14(16(24)26-5)11-12-7-9-13(10-8-12)15(23)22-17(20-4)28-6/h7-10,14H,11H2,1-6H3,(H,21,25)(H,20,22,23). The molecule has 0 aliphatic rings. The number of aliphatic imine (C=N–C) groups is 1. The van der Waals surface area contributed by atoms with Crippen LogP contribution < -0.4 is 10.6 Å². The van der Waals surface area contributed by atoms with Crippen LogP contribution >= 0.6 is 11.8 Å². The Balaban J connectivity index is 2.83. The van der Waals surface area contributed by atoms with Crippen molar-refractivity contribution in [3.63, 3.8) is 0 Å². The number of hydrogen-bond donors (Lipinski definition) is 2. The van der Waals surface area contributed by atoms with Crippen molar-refractivity contribution in [1.82, 2.24) is 10.6 Å². The summed E-state index contributed by atoms with van der Waals surface area (Å²) >= 11 is 1.33. The van der Waals surface area contributed by atoms with Crippen LogP contribution in [-0.4, -0.2) is 55.2 Å². The topological polar surface area (TPSA) is 106 Å². The third-order valence-electron chi connectivity index (χ3n) is 3.45. The average molecular weight is 410 g/mol. The van der Waals surface area contributed by atoms with E-state index in [2.05, 4.69) is 15.6 Å². The predicted molar refractivity (Wildman–Crippen MR) is 110 cm³/mol. The third kappa shape index (κ3) is 7.99. The summed E-state index contributed by atoms with van der Waals surface area (Å²) in [5.74, 6) is -0.866. The molecule has 0 fully saturated rings. The van der Waals surface area contributed by atoms with Gasteiger partial charge in [0.15, 0.2) is 5.17 Å². The van der Waals surface area contributed by atoms with Crippen LogP contribution in [0.3, 0.4) is 0 Å². The first kappa shape index (κ1) is 23.5. The van der Waals surface area contributed by atoms with Crippen molar-refractivity contribution in [2.45, 2.75) is 38.8 Å². The maximum Gasteiger partial charge on any atom is 0.408 e. The van der Waals surface area contributed by atoms with Gasteiger partial charge in [0.05, 0.1) is 7.11 Å². The molecule has 0 heterocycles. The molecule has 28 heavy (non-hydrogen) atoms. The largest absolute Gasteiger partial charge is 0.467 e. The molecule has 8 nitrogen and oxygen atoms in total. The third-order valence-corrected chi connectivity index (χ3v) is 4.12. The molecule has 1 aromatic rings. The molecule has 1 aromatic carbocycles. The Bertz CT molecular complexity index is 726. The number of carbonyl (C=O) groups excluding carboxylic acids is 3. The summed E-state index contributed by atoms with van der Waals surface area (Å²) in [6, 6.07) is 5.79. The lowest BCUT2D eigenvalue weighted by Gasteiger charge is -2.22. The SMILES string of the molecule is CN=C(NC(=O)c1ccc(CC(NC(=O)OC(C)(C)C)C(=O)OC)cc1)SC. The lowest BCUT2D eigenvalue weighted by molar-refractivity contribution is -0.143. The Morgan fingerprint density at radius 2 is 1.79 bits per heavy atom. The van der Waals surface area contributed by atoms with Gasteiger partial charge in [-0.05, 0) is 44.7 Å². The van der Waals surface area contributed by atoms with Gasteiger partial charge in [-0.1, -0.05) is 23.9 Å². The highest BCUT2D eigenvalue weighted by molar-refractivity contribution is 8.13. The van der Waals surface area contributed by atoms with E-state index in [0.717, 1.165) is 5.56 Å². The highest BCUT2D eigenvalue weighted by atomic mass is 32.2. The normalized spacial score (nSPS) is 12.7. The van der Waals surface area contributed by atoms with E-state index < -0.39 is 23.7 Å². The molecule has 0 spiro atoms. The summed E-state index contributed by atoms with van der Waals surface area (Å²) < 4.78 is 9.94. The molecule has 0 aliphatic carbocycles. The van der Waals surface area contributed by atoms with Crippen molar-refractivity contribution < 1.29 is 23.9 Å². The number of carbonyl (C=O) groups is 3. The number of ether oxygens (including phenoxy) is 2. The zero-order valence-corrected chi connectivity index (χ0v) is 17.8. The minimum Gasteiger partial charge on any atom is -0.467 e. The zero-order chi connectivity index (χ0) is 21.3. The van der Waals surface area contributed by atoms with Gasteiger partial charge >= 0.3 is 12.1 Å². The highest BCUT2D eigenvalue weighted by Gasteiger charge is 2.25. The molecule has 0 aromatic heterocycles. The summed E-state index contributed by atoms with van der Waals surface area (Å²) in [6.07, 6.45) is 1.30. The van der Waals surface area contributed by atoms with Crippen LogP contribution in [0.25, 0.3) is 0 Å². The van der Waals surface area contributed by atoms with Gasteiger partial charge in [0.25, 0.3) is 5.91 Å². The van der Waals surface area contributed by atoms with E-state index in [4.69, 9.17) is 9.47 Å². The number of amides is 2. The van der Waals surface area contributed by atoms with Crippen molar-refractivity contribution in [2.75, 3.05) is 20.4 Å². The Kier molecular flexibility index (Phi) is 8.98. The maximum absolute atomic E-state index is 12.2. The van der Waals surface area contributed by atoms with Gasteiger partial charge in [-0.2, -0.15) is 0 Å². The average Bonchev–Trinajstić information content (AvgIpc) is 2.63. The molecule has 0 saturated carbocycles. The van der Waals surface area contributed by atoms with Gasteiger partial charge < -0.3 is 20.1 Å². The Labute approximate surface area is 169 Å². The first-order valence-corrected chi connectivity index (χ1v) is 9.80. The molecule has 9 heteroatoms. The minimum absolute atomic E-state index is 0.195. The van der Waals surface area contributed by atoms with Crippen molar-refractivity contribution in [2.24, 2.45) is 4.99 Å². The van der Waals surface area contributed by atoms with Crippen LogP contribution in [0.1, 0.15) is 36.7 Å². The van der Waals surface area contributed by atoms with E-state index in [0.29, 0.717) is 10.7 Å². The fraction of sp³-hybridized carbons (Fsp3) is 0.474. The first-order chi connectivity index (χ1) is 13.1. The summed E-state index contributed by atoms with van der Waals surface area (Å²) in [5.41, 5.74) is 0.517. The monoisotopic (exact) mass is 409 g/mol. The smallest absolute Gasteiger partial charge is 0.408 e. The minimum atomic E-state index is -0.908. The molecule has 2 amide bonds. The second kappa shape index (κ2) is 10.7. The number of benzene rings is 1. The van der Waals surface area contributed by atoms with Crippen LogP contribution in [0.15, 0.2) is 29.3 Å². The molecule has 154 valence electrons. The van der Waals surface area contributed by atoms with Gasteiger partial charge in [-0.3, -0.25) is 9.79 Å². The fourth-order valence-electron chi connectivity index (χ4n) is 2.18. The molecule has 2 N–H and O–H groups in total. The van der Waals surface area contributed by atoms with Crippen LogP contribution in [0.5, 0.6) is 0 Å². The fourth-order valence-corrected chi connectivity index (χ4v) is 2.56. The summed E-state index contributed by atoms with van der Waals surface area (Å²) in [5, 5.41) is 5.73. The van der Waals surface area contributed by atoms with E-state index in [1.165, 1.54) is 18.9 Å². The molecule has 0 aliphatic heterocycles. The number of nitrogens with zero attached hydrogens (tertiary/aromatic N) is 1. The Morgan fingerprint density at radius 1 is 1.18 bits per heavy atom. The number of esters is 1. The lowest BCUT2D eigenvalue weighted by Crippen LogP contribution is -2.45. The first-order valence-electron chi connectivity index (χ1n) is 8.58. The van der Waals surface area contributed by atoms with Gasteiger partial charge in [0.1, 0.15) is 11.6 Å². The van der Waals surface area contributed by atoms with Crippen LogP contribution in [0.4, 0.5) is 4.79 Å². The van der Waals surface area contributed by atoms with Gasteiger partial charge in [-0.15, -0.1) is 0 Å². The van der Waals surface area contributed by atoms with Crippen LogP contribution in [0, 0.1) is 0 Å². The molecule has 1 rings (SSSR count). The van der Waals surface area contributed by atoms with Crippen molar-refractivity contribution in [1.29, 1.82) is 0 Å². The van der Waals surface area contributed by atoms with Crippen molar-refractivity contribution >= 4 is 34.9 Å². The Hall–Kier alpha value is -2.55. The van der Waals surface area contributed by atoms with Crippen molar-refractivity contribution in [3.8, 4) is 0 Å². The summed E-state index contributed by atoms with van der Waals surface area (Å²) in [6.45, 7) is 5.19. The number of alkyl carbamates (subject to hydrolysis) is 1. The van der Waals surface area contributed by atoms with Gasteiger partial charge in [-0.25, -0.2) is 9.59 Å². The van der Waals surface area contributed by atoms with E-state index in [-0.39, 0.29) is 12.3 Å². The summed E-state index contributed by atoms with van der Waals surface area (Å²) in [4.78, 5) is 40.1. The van der Waals surface area contributed by atoms with Gasteiger partial charge in [0, 0.05) is 19.0 Å². The van der Waals surface area contributed by atoms with Crippen LogP contribution in [-0.2, 0) is 20.7 Å². The number of rotatable bonds is 5. The molecular weight excluding hydrogens is 382 g/mol. The highest BCUT2D eigenvalue weighted by Crippen LogP contribution is 2.11. The quantitative estimate of drug-likeness (QED) is 0.439. The predicted octanol–water partition coefficient (Wildman–Crippen LogP) is 2.37. The van der Waals surface area contributed by atoms with E-state index >= 15 is 0 Å². The molecule has 1 unspecified atom stereocenters. The number of amidine groups is 1. The number of hydrogen-bond acceptors (Lipinski definition) is 7. The van der Waals surface area contributed by atoms with E-state index in [9.17, 15) is 14.4 Å². The van der Waals surface area contributed by atoms with Crippen LogP contribution in [0.2, 0.25) is 0 Å². The van der Waals surface area contributed by atoms with E-state index in [1.807, 2.05) is 6.26 Å².